The summed E-state index contributed by atoms with van der Waals surface area (Å²) in [6.07, 6.45) is 2.55. The smallest absolute Gasteiger partial charge is 0.274 e. The summed E-state index contributed by atoms with van der Waals surface area (Å²) >= 11 is 12.4. The van der Waals surface area contributed by atoms with Crippen LogP contribution in [0.4, 0.5) is 0 Å². The monoisotopic (exact) mass is 501 g/mol. The predicted molar refractivity (Wildman–Crippen MR) is 134 cm³/mol. The Kier molecular flexibility index (Phi) is 5.21. The first-order valence-corrected chi connectivity index (χ1v) is 11.5. The molecule has 0 spiro atoms. The summed E-state index contributed by atoms with van der Waals surface area (Å²) < 4.78 is 3.49. The van der Waals surface area contributed by atoms with Gasteiger partial charge in [-0.1, -0.05) is 58.6 Å². The third kappa shape index (κ3) is 3.63. The molecule has 0 bridgehead atoms. The number of aliphatic hydroxyl groups excluding tert-OH is 1. The molecular weight excluding hydrogens is 485 g/mol. The van der Waals surface area contributed by atoms with Crippen LogP contribution >= 0.6 is 23.2 Å². The number of aromatic nitrogens is 7. The van der Waals surface area contributed by atoms with E-state index in [0.717, 1.165) is 27.7 Å². The maximum atomic E-state index is 11.5. The zero-order valence-corrected chi connectivity index (χ0v) is 19.9. The van der Waals surface area contributed by atoms with E-state index in [9.17, 15) is 5.11 Å². The van der Waals surface area contributed by atoms with E-state index in [2.05, 4.69) is 20.5 Å². The minimum Gasteiger partial charge on any atom is -0.384 e. The molecule has 10 heteroatoms. The summed E-state index contributed by atoms with van der Waals surface area (Å²) in [5, 5.41) is 25.5. The highest BCUT2D eigenvalue weighted by atomic mass is 35.5. The highest BCUT2D eigenvalue weighted by Crippen LogP contribution is 2.41. The van der Waals surface area contributed by atoms with Crippen molar-refractivity contribution in [2.24, 2.45) is 7.05 Å². The molecule has 1 unspecified atom stereocenters. The van der Waals surface area contributed by atoms with Crippen molar-refractivity contribution in [2.75, 3.05) is 0 Å². The summed E-state index contributed by atoms with van der Waals surface area (Å²) in [6.45, 7) is 0. The molecule has 0 radical (unpaired) electrons. The maximum absolute atomic E-state index is 11.5. The molecule has 6 aromatic rings. The van der Waals surface area contributed by atoms with Crippen molar-refractivity contribution in [1.82, 2.24) is 34.6 Å². The average molecular weight is 502 g/mol. The molecule has 172 valence electrons. The Hall–Kier alpha value is -3.85. The highest BCUT2D eigenvalue weighted by molar-refractivity contribution is 6.31. The number of benzene rings is 3. The quantitative estimate of drug-likeness (QED) is 0.359. The van der Waals surface area contributed by atoms with Gasteiger partial charge in [0, 0.05) is 33.6 Å². The fraction of sp³-hybridized carbons (Fsp3) is 0.0800. The third-order valence-electron chi connectivity index (χ3n) is 6.00. The van der Waals surface area contributed by atoms with E-state index in [1.165, 1.54) is 0 Å². The number of hydrogen-bond donors (Lipinski definition) is 1. The Morgan fingerprint density at radius 1 is 0.971 bits per heavy atom. The first-order valence-electron chi connectivity index (χ1n) is 10.7. The number of aryl methyl sites for hydroxylation is 1. The SMILES string of the molecule is Cn1cncc1-c1c(C(O)c2ccc(Cl)cc2)ccc2c1c(-c1cccc(Cl)c1)nc1nnnn12. The van der Waals surface area contributed by atoms with Crippen LogP contribution in [0.15, 0.2) is 73.2 Å². The summed E-state index contributed by atoms with van der Waals surface area (Å²) in [4.78, 5) is 9.13. The fourth-order valence-corrected chi connectivity index (χ4v) is 4.68. The van der Waals surface area contributed by atoms with Crippen molar-refractivity contribution in [3.63, 3.8) is 0 Å². The van der Waals surface area contributed by atoms with Crippen LogP contribution in [0.25, 0.3) is 39.2 Å². The number of fused-ring (bicyclic) bond motifs is 3. The van der Waals surface area contributed by atoms with E-state index >= 15 is 0 Å². The first kappa shape index (κ1) is 21.7. The normalized spacial score (nSPS) is 12.5. The van der Waals surface area contributed by atoms with Crippen molar-refractivity contribution in [3.05, 3.63) is 94.4 Å². The number of nitrogens with zero attached hydrogens (tertiary/aromatic N) is 7. The van der Waals surface area contributed by atoms with Gasteiger partial charge in [-0.25, -0.2) is 9.97 Å². The molecule has 0 fully saturated rings. The number of hydrogen-bond acceptors (Lipinski definition) is 6. The molecule has 1 N–H and O–H groups in total. The molecule has 0 aliphatic heterocycles. The number of rotatable bonds is 4. The second kappa shape index (κ2) is 8.42. The molecule has 6 rings (SSSR count). The van der Waals surface area contributed by atoms with Crippen LogP contribution in [-0.4, -0.2) is 39.7 Å². The lowest BCUT2D eigenvalue weighted by Crippen LogP contribution is -2.07. The van der Waals surface area contributed by atoms with Crippen LogP contribution in [0.1, 0.15) is 17.2 Å². The Morgan fingerprint density at radius 3 is 2.54 bits per heavy atom. The lowest BCUT2D eigenvalue weighted by atomic mass is 9.90. The third-order valence-corrected chi connectivity index (χ3v) is 6.48. The van der Waals surface area contributed by atoms with Gasteiger partial charge in [-0.3, -0.25) is 0 Å². The van der Waals surface area contributed by atoms with Crippen LogP contribution in [0.2, 0.25) is 10.0 Å². The standard InChI is InChI=1S/C25H17Cl2N7O/c1-33-13-28-12-20(33)21-18(24(35)14-5-7-16(26)8-6-14)9-10-19-22(21)23(15-3-2-4-17(27)11-15)29-25-30-31-32-34(19)25/h2-13,24,35H,1H3. The number of halogens is 2. The molecule has 3 heterocycles. The molecule has 0 saturated heterocycles. The lowest BCUT2D eigenvalue weighted by molar-refractivity contribution is 0.221. The molecule has 3 aromatic heterocycles. The summed E-state index contributed by atoms with van der Waals surface area (Å²) in [5.74, 6) is 0.356. The zero-order valence-electron chi connectivity index (χ0n) is 18.3. The first-order chi connectivity index (χ1) is 17.0. The van der Waals surface area contributed by atoms with Gasteiger partial charge in [-0.15, -0.1) is 0 Å². The lowest BCUT2D eigenvalue weighted by Gasteiger charge is -2.20. The molecule has 3 aromatic carbocycles. The van der Waals surface area contributed by atoms with E-state index in [4.69, 9.17) is 28.2 Å². The predicted octanol–water partition coefficient (Wildman–Crippen LogP) is 5.13. The van der Waals surface area contributed by atoms with Crippen molar-refractivity contribution in [3.8, 4) is 22.5 Å². The van der Waals surface area contributed by atoms with Gasteiger partial charge in [0.25, 0.3) is 5.78 Å². The van der Waals surface area contributed by atoms with Gasteiger partial charge in [-0.2, -0.15) is 4.52 Å². The van der Waals surface area contributed by atoms with Crippen LogP contribution in [0.3, 0.4) is 0 Å². The van der Waals surface area contributed by atoms with Gasteiger partial charge < -0.3 is 9.67 Å². The summed E-state index contributed by atoms with van der Waals surface area (Å²) in [7, 11) is 1.90. The largest absolute Gasteiger partial charge is 0.384 e. The molecule has 0 saturated carbocycles. The average Bonchev–Trinajstić information content (AvgIpc) is 3.51. The van der Waals surface area contributed by atoms with Crippen LogP contribution in [0.5, 0.6) is 0 Å². The van der Waals surface area contributed by atoms with Crippen LogP contribution in [0, 0.1) is 0 Å². The Morgan fingerprint density at radius 2 is 1.80 bits per heavy atom. The van der Waals surface area contributed by atoms with Gasteiger partial charge in [0.15, 0.2) is 0 Å². The molecular formula is C25H17Cl2N7O. The summed E-state index contributed by atoms with van der Waals surface area (Å²) in [6, 6.07) is 18.4. The van der Waals surface area contributed by atoms with Gasteiger partial charge in [0.1, 0.15) is 6.10 Å². The van der Waals surface area contributed by atoms with Crippen molar-refractivity contribution < 1.29 is 5.11 Å². The van der Waals surface area contributed by atoms with Gasteiger partial charge >= 0.3 is 0 Å². The molecule has 1 atom stereocenters. The minimum atomic E-state index is -0.932. The van der Waals surface area contributed by atoms with Gasteiger partial charge in [0.2, 0.25) is 0 Å². The number of aliphatic hydroxyl groups is 1. The second-order valence-corrected chi connectivity index (χ2v) is 9.00. The Labute approximate surface area is 209 Å². The van der Waals surface area contributed by atoms with E-state index < -0.39 is 6.10 Å². The van der Waals surface area contributed by atoms with E-state index in [-0.39, 0.29) is 0 Å². The van der Waals surface area contributed by atoms with E-state index in [1.807, 2.05) is 60.1 Å². The molecule has 35 heavy (non-hydrogen) atoms. The van der Waals surface area contributed by atoms with Crippen LogP contribution < -0.4 is 0 Å². The van der Waals surface area contributed by atoms with Crippen molar-refractivity contribution >= 4 is 39.9 Å². The zero-order chi connectivity index (χ0) is 24.1. The topological polar surface area (TPSA) is 94.0 Å². The van der Waals surface area contributed by atoms with Gasteiger partial charge in [-0.05, 0) is 51.9 Å². The van der Waals surface area contributed by atoms with Gasteiger partial charge in [0.05, 0.1) is 29.4 Å². The second-order valence-electron chi connectivity index (χ2n) is 8.13. The number of imidazole rings is 1. The molecule has 0 aliphatic rings. The Bertz CT molecular complexity index is 1710. The van der Waals surface area contributed by atoms with Crippen molar-refractivity contribution in [2.45, 2.75) is 6.10 Å². The maximum Gasteiger partial charge on any atom is 0.274 e. The minimum absolute atomic E-state index is 0.356. The molecule has 0 aliphatic carbocycles. The molecule has 0 amide bonds. The number of tetrazole rings is 1. The van der Waals surface area contributed by atoms with E-state index in [1.54, 1.807) is 29.2 Å². The highest BCUT2D eigenvalue weighted by Gasteiger charge is 2.25. The van der Waals surface area contributed by atoms with Crippen LogP contribution in [-0.2, 0) is 7.05 Å². The fourth-order valence-electron chi connectivity index (χ4n) is 4.36. The van der Waals surface area contributed by atoms with Crippen molar-refractivity contribution in [1.29, 1.82) is 0 Å². The molecule has 8 nitrogen and oxygen atoms in total. The summed E-state index contributed by atoms with van der Waals surface area (Å²) in [5.41, 5.74) is 5.14. The van der Waals surface area contributed by atoms with E-state index in [0.29, 0.717) is 32.6 Å². The Balaban J connectivity index is 1.76.